The van der Waals surface area contributed by atoms with Gasteiger partial charge in [0.05, 0.1) is 4.91 Å². The summed E-state index contributed by atoms with van der Waals surface area (Å²) < 4.78 is 0. The number of nitrogens with zero attached hydrogens (tertiary/aromatic N) is 4. The lowest BCUT2D eigenvalue weighted by Crippen LogP contribution is -2.37. The minimum atomic E-state index is -0.205. The minimum Gasteiger partial charge on any atom is -0.507 e. The van der Waals surface area contributed by atoms with E-state index in [4.69, 9.17) is 0 Å². The second-order valence-corrected chi connectivity index (χ2v) is 11.2. The summed E-state index contributed by atoms with van der Waals surface area (Å²) in [4.78, 5) is 15.7. The number of rotatable bonds is 5. The maximum Gasteiger partial charge on any atom is 0.260 e. The van der Waals surface area contributed by atoms with Crippen LogP contribution in [0.25, 0.3) is 6.08 Å². The van der Waals surface area contributed by atoms with Gasteiger partial charge in [-0.1, -0.05) is 46.8 Å². The number of nitrogens with one attached hydrogen (secondary N) is 1. The van der Waals surface area contributed by atoms with Gasteiger partial charge in [-0.3, -0.25) is 4.79 Å². The molecule has 1 amide bonds. The van der Waals surface area contributed by atoms with Crippen LogP contribution in [0.2, 0.25) is 0 Å². The Morgan fingerprint density at radius 1 is 1.16 bits per heavy atom. The molecule has 1 aliphatic rings. The number of thioether (sulfide) groups is 1. The van der Waals surface area contributed by atoms with Crippen molar-refractivity contribution in [1.82, 2.24) is 25.5 Å². The third-order valence-electron chi connectivity index (χ3n) is 5.38. The predicted octanol–water partition coefficient (Wildman–Crippen LogP) is 4.05. The van der Waals surface area contributed by atoms with Crippen molar-refractivity contribution < 1.29 is 9.90 Å². The molecule has 1 aromatic heterocycles. The van der Waals surface area contributed by atoms with Crippen molar-refractivity contribution in [2.24, 2.45) is 0 Å². The number of carbonyl (C=O) groups is 1. The average molecular weight is 444 g/mol. The summed E-state index contributed by atoms with van der Waals surface area (Å²) in [6.07, 6.45) is 3.46. The number of hydrogen-bond donors (Lipinski definition) is 2. The van der Waals surface area contributed by atoms with Gasteiger partial charge in [0.25, 0.3) is 5.91 Å². The van der Waals surface area contributed by atoms with Gasteiger partial charge in [-0.05, 0) is 41.0 Å². The van der Waals surface area contributed by atoms with Crippen LogP contribution in [0, 0.1) is 0 Å². The number of phenolic OH excluding ortho intramolecular Hbond substituents is 1. The first-order chi connectivity index (χ1) is 14.5. The van der Waals surface area contributed by atoms with Crippen molar-refractivity contribution in [3.05, 3.63) is 39.6 Å². The molecule has 168 valence electrons. The zero-order valence-corrected chi connectivity index (χ0v) is 20.1. The van der Waals surface area contributed by atoms with Gasteiger partial charge in [0.2, 0.25) is 0 Å². The fraction of sp³-hybridized carbons (Fsp3) is 0.565. The van der Waals surface area contributed by atoms with E-state index in [-0.39, 0.29) is 16.7 Å². The monoisotopic (exact) mass is 443 g/mol. The van der Waals surface area contributed by atoms with E-state index in [2.05, 4.69) is 62.2 Å². The molecule has 2 N–H and O–H groups in total. The van der Waals surface area contributed by atoms with Crippen molar-refractivity contribution in [2.45, 2.75) is 65.2 Å². The molecule has 2 aromatic rings. The minimum absolute atomic E-state index is 0.0621. The molecular formula is C23H33N5O2S. The zero-order chi connectivity index (χ0) is 22.8. The Bertz CT molecular complexity index is 920. The van der Waals surface area contributed by atoms with Crippen molar-refractivity contribution in [1.29, 1.82) is 0 Å². The van der Waals surface area contributed by atoms with Crippen LogP contribution in [0.4, 0.5) is 0 Å². The number of aromatic nitrogens is 4. The molecule has 0 unspecified atom stereocenters. The van der Waals surface area contributed by atoms with E-state index in [1.165, 1.54) is 0 Å². The number of aromatic amines is 1. The van der Waals surface area contributed by atoms with Gasteiger partial charge in [-0.25, -0.2) is 0 Å². The highest BCUT2D eigenvalue weighted by atomic mass is 32.2. The molecule has 2 heterocycles. The summed E-state index contributed by atoms with van der Waals surface area (Å²) in [7, 11) is 0. The number of aromatic hydroxyl groups is 1. The van der Waals surface area contributed by atoms with Gasteiger partial charge in [0, 0.05) is 36.4 Å². The normalized spacial score (nSPS) is 16.9. The molecule has 0 aliphatic carbocycles. The van der Waals surface area contributed by atoms with Crippen LogP contribution in [-0.2, 0) is 22.0 Å². The third-order valence-corrected chi connectivity index (χ3v) is 6.37. The van der Waals surface area contributed by atoms with E-state index < -0.39 is 0 Å². The molecule has 1 fully saturated rings. The topological polar surface area (TPSA) is 95.0 Å². The number of aryl methyl sites for hydroxylation is 1. The highest BCUT2D eigenvalue weighted by Gasteiger charge is 2.28. The molecule has 8 heteroatoms. The van der Waals surface area contributed by atoms with E-state index in [9.17, 15) is 9.90 Å². The SMILES string of the molecule is CC(C)(C)c1cc(/C=C2/SCCN(CCCc3nn[nH]n3)C2=O)cc(C(C)(C)C)c1O. The van der Waals surface area contributed by atoms with Crippen molar-refractivity contribution in [3.8, 4) is 5.75 Å². The van der Waals surface area contributed by atoms with E-state index in [0.717, 1.165) is 40.3 Å². The van der Waals surface area contributed by atoms with Gasteiger partial charge >= 0.3 is 0 Å². The molecule has 3 rings (SSSR count). The second kappa shape index (κ2) is 9.02. The maximum absolute atomic E-state index is 13.1. The van der Waals surface area contributed by atoms with Gasteiger partial charge < -0.3 is 10.0 Å². The van der Waals surface area contributed by atoms with E-state index in [1.807, 2.05) is 23.1 Å². The first-order valence-corrected chi connectivity index (χ1v) is 11.7. The van der Waals surface area contributed by atoms with Crippen LogP contribution in [0.3, 0.4) is 0 Å². The number of H-pyrrole nitrogens is 1. The smallest absolute Gasteiger partial charge is 0.260 e. The molecule has 1 saturated heterocycles. The van der Waals surface area contributed by atoms with Gasteiger partial charge in [-0.2, -0.15) is 5.21 Å². The summed E-state index contributed by atoms with van der Waals surface area (Å²) in [5, 5.41) is 24.9. The van der Waals surface area contributed by atoms with Crippen LogP contribution >= 0.6 is 11.8 Å². The summed E-state index contributed by atoms with van der Waals surface area (Å²) in [6, 6.07) is 4.03. The highest BCUT2D eigenvalue weighted by molar-refractivity contribution is 8.04. The molecule has 0 bridgehead atoms. The summed E-state index contributed by atoms with van der Waals surface area (Å²) in [5.41, 5.74) is 2.35. The fourth-order valence-electron chi connectivity index (χ4n) is 3.65. The lowest BCUT2D eigenvalue weighted by atomic mass is 9.78. The van der Waals surface area contributed by atoms with E-state index in [0.29, 0.717) is 24.5 Å². The largest absolute Gasteiger partial charge is 0.507 e. The fourth-order valence-corrected chi connectivity index (χ4v) is 4.66. The molecule has 1 aromatic carbocycles. The summed E-state index contributed by atoms with van der Waals surface area (Å²) in [5.74, 6) is 1.96. The Balaban J connectivity index is 1.84. The first-order valence-electron chi connectivity index (χ1n) is 10.7. The number of amides is 1. The molecular weight excluding hydrogens is 410 g/mol. The Kier molecular flexibility index (Phi) is 6.79. The number of hydrogen-bond acceptors (Lipinski definition) is 6. The molecule has 7 nitrogen and oxygen atoms in total. The van der Waals surface area contributed by atoms with Crippen LogP contribution in [0.1, 0.15) is 70.5 Å². The Morgan fingerprint density at radius 3 is 2.35 bits per heavy atom. The Labute approximate surface area is 188 Å². The Hall–Kier alpha value is -2.35. The van der Waals surface area contributed by atoms with Crippen LogP contribution in [-0.4, -0.2) is 55.4 Å². The van der Waals surface area contributed by atoms with Crippen molar-refractivity contribution >= 4 is 23.7 Å². The Morgan fingerprint density at radius 2 is 1.81 bits per heavy atom. The van der Waals surface area contributed by atoms with Crippen molar-refractivity contribution in [3.63, 3.8) is 0 Å². The first kappa shape index (κ1) is 23.3. The standard InChI is InChI=1S/C23H33N5O2S/c1-22(2,3)16-12-15(13-17(20(16)29)23(4,5)6)14-18-21(30)28(10-11-31-18)9-7-8-19-24-26-27-25-19/h12-14,29H,7-11H2,1-6H3,(H,24,25,26,27)/b18-14+. The molecule has 0 radical (unpaired) electrons. The number of phenols is 1. The quantitative estimate of drug-likeness (QED) is 0.677. The highest BCUT2D eigenvalue weighted by Crippen LogP contribution is 2.40. The predicted molar refractivity (Wildman–Crippen MR) is 125 cm³/mol. The molecule has 31 heavy (non-hydrogen) atoms. The summed E-state index contributed by atoms with van der Waals surface area (Å²) in [6.45, 7) is 14.0. The lowest BCUT2D eigenvalue weighted by molar-refractivity contribution is -0.126. The number of carbonyl (C=O) groups excluding carboxylic acids is 1. The lowest BCUT2D eigenvalue weighted by Gasteiger charge is -2.29. The van der Waals surface area contributed by atoms with Crippen LogP contribution in [0.5, 0.6) is 5.75 Å². The molecule has 0 saturated carbocycles. The van der Waals surface area contributed by atoms with E-state index in [1.54, 1.807) is 11.8 Å². The molecule has 0 spiro atoms. The average Bonchev–Trinajstić information content (AvgIpc) is 3.17. The zero-order valence-electron chi connectivity index (χ0n) is 19.3. The van der Waals surface area contributed by atoms with E-state index >= 15 is 0 Å². The van der Waals surface area contributed by atoms with Crippen LogP contribution < -0.4 is 0 Å². The van der Waals surface area contributed by atoms with Gasteiger partial charge in [0.15, 0.2) is 5.82 Å². The van der Waals surface area contributed by atoms with Crippen molar-refractivity contribution in [2.75, 3.05) is 18.8 Å². The van der Waals surface area contributed by atoms with Gasteiger partial charge in [-0.15, -0.1) is 22.0 Å². The third kappa shape index (κ3) is 5.67. The number of tetrazole rings is 1. The molecule has 0 atom stereocenters. The van der Waals surface area contributed by atoms with Crippen LogP contribution in [0.15, 0.2) is 17.0 Å². The summed E-state index contributed by atoms with van der Waals surface area (Å²) >= 11 is 1.60. The number of benzene rings is 1. The second-order valence-electron chi connectivity index (χ2n) is 10.0. The molecule has 1 aliphatic heterocycles. The maximum atomic E-state index is 13.1. The van der Waals surface area contributed by atoms with Gasteiger partial charge in [0.1, 0.15) is 5.75 Å².